The summed E-state index contributed by atoms with van der Waals surface area (Å²) in [6, 6.07) is 15.1. The van der Waals surface area contributed by atoms with Gasteiger partial charge in [0.05, 0.1) is 0 Å². The first kappa shape index (κ1) is 20.3. The van der Waals surface area contributed by atoms with Crippen molar-refractivity contribution in [2.75, 3.05) is 37.7 Å². The number of para-hydroxylation sites is 3. The average molecular weight is 394 g/mol. The van der Waals surface area contributed by atoms with Crippen molar-refractivity contribution < 1.29 is 22.6 Å². The number of nitrogens with zero attached hydrogens (tertiary/aromatic N) is 1. The smallest absolute Gasteiger partial charge is 0.422 e. The van der Waals surface area contributed by atoms with E-state index < -0.39 is 12.8 Å². The Bertz CT molecular complexity index is 767. The molecule has 0 saturated carbocycles. The number of hydrogen-bond donors (Lipinski definition) is 1. The van der Waals surface area contributed by atoms with Gasteiger partial charge < -0.3 is 19.7 Å². The fraction of sp³-hybridized carbons (Fsp3) is 0.429. The molecule has 1 heterocycles. The Morgan fingerprint density at radius 1 is 1.04 bits per heavy atom. The molecule has 3 rings (SSSR count). The third kappa shape index (κ3) is 5.79. The summed E-state index contributed by atoms with van der Waals surface area (Å²) >= 11 is 0. The predicted molar refractivity (Wildman–Crippen MR) is 103 cm³/mol. The minimum absolute atomic E-state index is 0.0987. The SMILES string of the molecule is CC(CN1CCc2ccccc21)NCCOc1ccccc1OCC(F)(F)F. The second-order valence-corrected chi connectivity index (χ2v) is 6.88. The summed E-state index contributed by atoms with van der Waals surface area (Å²) in [5.74, 6) is 0.413. The Labute approximate surface area is 163 Å². The molecule has 1 atom stereocenters. The first-order chi connectivity index (χ1) is 13.4. The number of hydrogen-bond acceptors (Lipinski definition) is 4. The fourth-order valence-electron chi connectivity index (χ4n) is 3.31. The van der Waals surface area contributed by atoms with E-state index in [0.29, 0.717) is 18.9 Å². The normalized spacial score (nSPS) is 14.6. The summed E-state index contributed by atoms with van der Waals surface area (Å²) < 4.78 is 47.5. The van der Waals surface area contributed by atoms with Crippen molar-refractivity contribution in [1.29, 1.82) is 0 Å². The molecule has 0 spiro atoms. The van der Waals surface area contributed by atoms with Gasteiger partial charge in [-0.15, -0.1) is 0 Å². The summed E-state index contributed by atoms with van der Waals surface area (Å²) in [6.45, 7) is 3.62. The molecule has 1 aliphatic rings. The van der Waals surface area contributed by atoms with Crippen LogP contribution in [-0.2, 0) is 6.42 Å². The number of benzene rings is 2. The van der Waals surface area contributed by atoms with Gasteiger partial charge in [-0.1, -0.05) is 30.3 Å². The van der Waals surface area contributed by atoms with Crippen LogP contribution < -0.4 is 19.7 Å². The number of anilines is 1. The molecule has 0 aromatic heterocycles. The van der Waals surface area contributed by atoms with E-state index in [0.717, 1.165) is 19.5 Å². The van der Waals surface area contributed by atoms with Crippen LogP contribution in [0.4, 0.5) is 18.9 Å². The summed E-state index contributed by atoms with van der Waals surface area (Å²) in [4.78, 5) is 2.37. The Hall–Kier alpha value is -2.41. The zero-order chi connectivity index (χ0) is 20.0. The van der Waals surface area contributed by atoms with Gasteiger partial charge in [0.25, 0.3) is 0 Å². The van der Waals surface area contributed by atoms with E-state index in [9.17, 15) is 13.2 Å². The van der Waals surface area contributed by atoms with Crippen molar-refractivity contribution in [3.05, 3.63) is 54.1 Å². The highest BCUT2D eigenvalue weighted by molar-refractivity contribution is 5.57. The lowest BCUT2D eigenvalue weighted by Crippen LogP contribution is -2.40. The zero-order valence-corrected chi connectivity index (χ0v) is 15.8. The molecule has 0 saturated heterocycles. The number of ether oxygens (including phenoxy) is 2. The Kier molecular flexibility index (Phi) is 6.67. The van der Waals surface area contributed by atoms with E-state index in [4.69, 9.17) is 9.47 Å². The predicted octanol–water partition coefficient (Wildman–Crippen LogP) is 4.05. The molecule has 1 N–H and O–H groups in total. The standard InChI is InChI=1S/C21H25F3N2O2/c1-16(14-26-12-10-17-6-2-3-7-18(17)26)25-11-13-27-19-8-4-5-9-20(19)28-15-21(22,23)24/h2-9,16,25H,10-15H2,1H3. The highest BCUT2D eigenvalue weighted by atomic mass is 19.4. The first-order valence-corrected chi connectivity index (χ1v) is 9.40. The highest BCUT2D eigenvalue weighted by Gasteiger charge is 2.29. The number of nitrogens with one attached hydrogen (secondary N) is 1. The number of fused-ring (bicyclic) bond motifs is 1. The summed E-state index contributed by atoms with van der Waals surface area (Å²) in [5, 5.41) is 3.40. The third-order valence-corrected chi connectivity index (χ3v) is 4.57. The molecule has 4 nitrogen and oxygen atoms in total. The lowest BCUT2D eigenvalue weighted by Gasteiger charge is -2.24. The molecule has 2 aromatic rings. The van der Waals surface area contributed by atoms with E-state index in [1.54, 1.807) is 18.2 Å². The Morgan fingerprint density at radius 3 is 2.46 bits per heavy atom. The second kappa shape index (κ2) is 9.19. The molecule has 0 bridgehead atoms. The van der Waals surface area contributed by atoms with Crippen LogP contribution in [0.25, 0.3) is 0 Å². The minimum Gasteiger partial charge on any atom is -0.488 e. The Morgan fingerprint density at radius 2 is 1.71 bits per heavy atom. The van der Waals surface area contributed by atoms with E-state index in [1.807, 2.05) is 0 Å². The van der Waals surface area contributed by atoms with E-state index in [1.165, 1.54) is 17.3 Å². The van der Waals surface area contributed by atoms with Gasteiger partial charge in [0.2, 0.25) is 0 Å². The molecule has 28 heavy (non-hydrogen) atoms. The molecule has 2 aromatic carbocycles. The summed E-state index contributed by atoms with van der Waals surface area (Å²) in [5.41, 5.74) is 2.68. The maximum atomic E-state index is 12.3. The van der Waals surface area contributed by atoms with Crippen LogP contribution in [0.1, 0.15) is 12.5 Å². The third-order valence-electron chi connectivity index (χ3n) is 4.57. The van der Waals surface area contributed by atoms with Crippen LogP contribution in [0.5, 0.6) is 11.5 Å². The van der Waals surface area contributed by atoms with E-state index in [-0.39, 0.29) is 11.8 Å². The van der Waals surface area contributed by atoms with Crippen molar-refractivity contribution in [3.8, 4) is 11.5 Å². The van der Waals surface area contributed by atoms with Gasteiger partial charge in [0.1, 0.15) is 6.61 Å². The van der Waals surface area contributed by atoms with Gasteiger partial charge in [0, 0.05) is 31.4 Å². The van der Waals surface area contributed by atoms with E-state index in [2.05, 4.69) is 41.4 Å². The first-order valence-electron chi connectivity index (χ1n) is 9.40. The molecule has 0 fully saturated rings. The maximum absolute atomic E-state index is 12.3. The van der Waals surface area contributed by atoms with Gasteiger partial charge in [-0.3, -0.25) is 0 Å². The van der Waals surface area contributed by atoms with Crippen molar-refractivity contribution in [2.24, 2.45) is 0 Å². The molecular formula is C21H25F3N2O2. The van der Waals surface area contributed by atoms with Crippen molar-refractivity contribution in [2.45, 2.75) is 25.6 Å². The minimum atomic E-state index is -4.38. The Balaban J connectivity index is 1.41. The largest absolute Gasteiger partial charge is 0.488 e. The fourth-order valence-corrected chi connectivity index (χ4v) is 3.31. The zero-order valence-electron chi connectivity index (χ0n) is 15.8. The van der Waals surface area contributed by atoms with Gasteiger partial charge in [0.15, 0.2) is 18.1 Å². The monoisotopic (exact) mass is 394 g/mol. The molecule has 0 amide bonds. The van der Waals surface area contributed by atoms with Crippen LogP contribution in [0, 0.1) is 0 Å². The van der Waals surface area contributed by atoms with Crippen LogP contribution in [0.2, 0.25) is 0 Å². The molecule has 0 radical (unpaired) electrons. The molecule has 1 unspecified atom stereocenters. The lowest BCUT2D eigenvalue weighted by molar-refractivity contribution is -0.153. The molecule has 7 heteroatoms. The van der Waals surface area contributed by atoms with Crippen molar-refractivity contribution in [3.63, 3.8) is 0 Å². The van der Waals surface area contributed by atoms with Crippen LogP contribution in [0.3, 0.4) is 0 Å². The van der Waals surface area contributed by atoms with Crippen LogP contribution >= 0.6 is 0 Å². The van der Waals surface area contributed by atoms with Gasteiger partial charge in [-0.05, 0) is 37.1 Å². The number of halogens is 3. The topological polar surface area (TPSA) is 33.7 Å². The van der Waals surface area contributed by atoms with Crippen molar-refractivity contribution in [1.82, 2.24) is 5.32 Å². The van der Waals surface area contributed by atoms with Crippen molar-refractivity contribution >= 4 is 5.69 Å². The highest BCUT2D eigenvalue weighted by Crippen LogP contribution is 2.29. The number of rotatable bonds is 9. The summed E-state index contributed by atoms with van der Waals surface area (Å²) in [7, 11) is 0. The molecular weight excluding hydrogens is 369 g/mol. The number of alkyl halides is 3. The lowest BCUT2D eigenvalue weighted by atomic mass is 10.2. The second-order valence-electron chi connectivity index (χ2n) is 6.88. The molecule has 1 aliphatic heterocycles. The quantitative estimate of drug-likeness (QED) is 0.651. The van der Waals surface area contributed by atoms with E-state index >= 15 is 0 Å². The summed E-state index contributed by atoms with van der Waals surface area (Å²) in [6.07, 6.45) is -3.31. The van der Waals surface area contributed by atoms with Gasteiger partial charge in [-0.2, -0.15) is 13.2 Å². The molecule has 0 aliphatic carbocycles. The molecule has 152 valence electrons. The maximum Gasteiger partial charge on any atom is 0.422 e. The van der Waals surface area contributed by atoms with Gasteiger partial charge >= 0.3 is 6.18 Å². The van der Waals surface area contributed by atoms with Gasteiger partial charge in [-0.25, -0.2) is 0 Å². The van der Waals surface area contributed by atoms with Crippen LogP contribution in [-0.4, -0.2) is 45.1 Å². The average Bonchev–Trinajstić information content (AvgIpc) is 3.07. The van der Waals surface area contributed by atoms with Crippen LogP contribution in [0.15, 0.2) is 48.5 Å².